The quantitative estimate of drug-likeness (QED) is 0.846. The maximum atomic E-state index is 11.4. The van der Waals surface area contributed by atoms with Gasteiger partial charge in [0.25, 0.3) is 0 Å². The molecule has 1 aromatic carbocycles. The Morgan fingerprint density at radius 2 is 2.08 bits per heavy atom. The molecule has 0 aliphatic carbocycles. The lowest BCUT2D eigenvalue weighted by Crippen LogP contribution is -2.29. The molecule has 0 amide bonds. The topological polar surface area (TPSA) is 57.5 Å². The largest absolute Gasteiger partial charge is 0.384 e. The predicted octanol–water partition coefficient (Wildman–Crippen LogP) is 1.81. The zero-order chi connectivity index (χ0) is 16.7. The van der Waals surface area contributed by atoms with Gasteiger partial charge in [0.15, 0.2) is 0 Å². The number of hydrogen-bond donors (Lipinski definition) is 2. The molecule has 1 aromatic heterocycles. The number of benzene rings is 1. The molecule has 124 valence electrons. The first-order valence-corrected chi connectivity index (χ1v) is 8.21. The van der Waals surface area contributed by atoms with Crippen molar-refractivity contribution in [3.8, 4) is 0 Å². The molecule has 3 heterocycles. The van der Waals surface area contributed by atoms with Crippen LogP contribution in [0.4, 0.5) is 0 Å². The van der Waals surface area contributed by atoms with Gasteiger partial charge in [0.05, 0.1) is 11.4 Å². The number of likely N-dealkylation sites (tertiary alicyclic amines) is 1. The SMILES string of the molecule is CN1CCC(O)(c2ccc(C3=Cn4cccc4C(C=O)N3)cc2)C1. The Labute approximate surface area is 141 Å². The molecular formula is C19H21N3O2. The molecular weight excluding hydrogens is 302 g/mol. The van der Waals surface area contributed by atoms with Crippen LogP contribution in [0.5, 0.6) is 0 Å². The minimum Gasteiger partial charge on any atom is -0.384 e. The van der Waals surface area contributed by atoms with Crippen LogP contribution >= 0.6 is 0 Å². The van der Waals surface area contributed by atoms with Crippen LogP contribution in [0.15, 0.2) is 42.6 Å². The summed E-state index contributed by atoms with van der Waals surface area (Å²) >= 11 is 0. The van der Waals surface area contributed by atoms with E-state index in [1.54, 1.807) is 0 Å². The number of β-amino-alcohol motifs (C(OH)–C–C–N with tert-alkyl or cyclic N) is 1. The van der Waals surface area contributed by atoms with E-state index in [9.17, 15) is 9.90 Å². The molecule has 0 radical (unpaired) electrons. The number of fused-ring (bicyclic) bond motifs is 1. The average Bonchev–Trinajstić information content (AvgIpc) is 3.21. The van der Waals surface area contributed by atoms with Crippen molar-refractivity contribution in [3.63, 3.8) is 0 Å². The second-order valence-corrected chi connectivity index (χ2v) is 6.74. The summed E-state index contributed by atoms with van der Waals surface area (Å²) in [6.07, 6.45) is 5.61. The number of aromatic nitrogens is 1. The Balaban J connectivity index is 1.63. The highest BCUT2D eigenvalue weighted by Crippen LogP contribution is 2.32. The van der Waals surface area contributed by atoms with Gasteiger partial charge in [-0.25, -0.2) is 0 Å². The van der Waals surface area contributed by atoms with Crippen LogP contribution in [0.25, 0.3) is 11.9 Å². The Morgan fingerprint density at radius 1 is 1.29 bits per heavy atom. The molecule has 24 heavy (non-hydrogen) atoms. The van der Waals surface area contributed by atoms with Crippen molar-refractivity contribution in [1.29, 1.82) is 0 Å². The number of carbonyl (C=O) groups is 1. The van der Waals surface area contributed by atoms with Gasteiger partial charge in [-0.15, -0.1) is 0 Å². The number of nitrogens with one attached hydrogen (secondary N) is 1. The normalized spacial score (nSPS) is 26.6. The molecule has 0 spiro atoms. The molecule has 0 bridgehead atoms. The third kappa shape index (κ3) is 2.46. The lowest BCUT2D eigenvalue weighted by Gasteiger charge is -2.25. The smallest absolute Gasteiger partial charge is 0.148 e. The Hall–Kier alpha value is -2.37. The molecule has 0 saturated carbocycles. The van der Waals surface area contributed by atoms with Crippen molar-refractivity contribution in [2.75, 3.05) is 20.1 Å². The number of likely N-dealkylation sites (N-methyl/N-ethyl adjacent to an activating group) is 1. The molecule has 2 aliphatic heterocycles. The summed E-state index contributed by atoms with van der Waals surface area (Å²) in [5.41, 5.74) is 3.02. The van der Waals surface area contributed by atoms with E-state index in [2.05, 4.69) is 10.2 Å². The second kappa shape index (κ2) is 5.61. The van der Waals surface area contributed by atoms with Gasteiger partial charge in [-0.1, -0.05) is 24.3 Å². The van der Waals surface area contributed by atoms with Gasteiger partial charge in [0, 0.05) is 25.5 Å². The lowest BCUT2D eigenvalue weighted by atomic mass is 9.92. The summed E-state index contributed by atoms with van der Waals surface area (Å²) < 4.78 is 1.97. The molecule has 1 saturated heterocycles. The molecule has 4 rings (SSSR count). The first-order valence-electron chi connectivity index (χ1n) is 8.21. The molecule has 2 atom stereocenters. The third-order valence-corrected chi connectivity index (χ3v) is 5.02. The average molecular weight is 323 g/mol. The highest BCUT2D eigenvalue weighted by Gasteiger charge is 2.36. The molecule has 5 heteroatoms. The maximum Gasteiger partial charge on any atom is 0.148 e. The van der Waals surface area contributed by atoms with Crippen molar-refractivity contribution >= 4 is 18.2 Å². The Bertz CT molecular complexity index is 793. The van der Waals surface area contributed by atoms with Gasteiger partial charge in [0.2, 0.25) is 0 Å². The molecule has 2 aromatic rings. The minimum absolute atomic E-state index is 0.340. The zero-order valence-corrected chi connectivity index (χ0v) is 13.6. The van der Waals surface area contributed by atoms with Crippen LogP contribution in [0, 0.1) is 0 Å². The molecule has 2 aliphatic rings. The van der Waals surface area contributed by atoms with Crippen molar-refractivity contribution in [2.24, 2.45) is 0 Å². The highest BCUT2D eigenvalue weighted by molar-refractivity contribution is 5.80. The van der Waals surface area contributed by atoms with Crippen LogP contribution < -0.4 is 5.32 Å². The van der Waals surface area contributed by atoms with Crippen LogP contribution in [-0.4, -0.2) is 41.0 Å². The van der Waals surface area contributed by atoms with E-state index in [-0.39, 0.29) is 6.04 Å². The summed E-state index contributed by atoms with van der Waals surface area (Å²) in [5, 5.41) is 14.1. The second-order valence-electron chi connectivity index (χ2n) is 6.74. The van der Waals surface area contributed by atoms with E-state index in [1.807, 2.05) is 60.4 Å². The van der Waals surface area contributed by atoms with Gasteiger partial charge in [-0.2, -0.15) is 0 Å². The Morgan fingerprint density at radius 3 is 2.75 bits per heavy atom. The van der Waals surface area contributed by atoms with Gasteiger partial charge in [0.1, 0.15) is 17.9 Å². The van der Waals surface area contributed by atoms with E-state index < -0.39 is 5.60 Å². The van der Waals surface area contributed by atoms with E-state index in [4.69, 9.17) is 0 Å². The first-order chi connectivity index (χ1) is 11.6. The van der Waals surface area contributed by atoms with Crippen molar-refractivity contribution in [2.45, 2.75) is 18.1 Å². The fourth-order valence-electron chi connectivity index (χ4n) is 3.64. The number of aliphatic hydroxyl groups is 1. The van der Waals surface area contributed by atoms with Crippen LogP contribution in [0.1, 0.15) is 29.3 Å². The summed E-state index contributed by atoms with van der Waals surface area (Å²) in [7, 11) is 2.03. The third-order valence-electron chi connectivity index (χ3n) is 5.02. The van der Waals surface area contributed by atoms with Crippen LogP contribution in [-0.2, 0) is 10.4 Å². The van der Waals surface area contributed by atoms with Gasteiger partial charge in [-0.05, 0) is 36.7 Å². The fraction of sp³-hybridized carbons (Fsp3) is 0.316. The number of hydrogen-bond acceptors (Lipinski definition) is 4. The maximum absolute atomic E-state index is 11.4. The summed E-state index contributed by atoms with van der Waals surface area (Å²) in [6, 6.07) is 11.5. The van der Waals surface area contributed by atoms with Crippen molar-refractivity contribution < 1.29 is 9.90 Å². The summed E-state index contributed by atoms with van der Waals surface area (Å²) in [6.45, 7) is 1.57. The van der Waals surface area contributed by atoms with Gasteiger partial charge < -0.3 is 24.7 Å². The van der Waals surface area contributed by atoms with Crippen LogP contribution in [0.2, 0.25) is 0 Å². The summed E-state index contributed by atoms with van der Waals surface area (Å²) in [5.74, 6) is 0. The fourth-order valence-corrected chi connectivity index (χ4v) is 3.64. The molecule has 1 fully saturated rings. The Kier molecular flexibility index (Phi) is 3.55. The van der Waals surface area contributed by atoms with E-state index in [0.29, 0.717) is 6.54 Å². The van der Waals surface area contributed by atoms with Gasteiger partial charge in [-0.3, -0.25) is 0 Å². The van der Waals surface area contributed by atoms with E-state index >= 15 is 0 Å². The monoisotopic (exact) mass is 323 g/mol. The number of nitrogens with zero attached hydrogens (tertiary/aromatic N) is 2. The van der Waals surface area contributed by atoms with Crippen molar-refractivity contribution in [3.05, 3.63) is 59.4 Å². The summed E-state index contributed by atoms with van der Waals surface area (Å²) in [4.78, 5) is 13.5. The molecule has 2 N–H and O–H groups in total. The first kappa shape index (κ1) is 15.2. The number of aldehydes is 1. The van der Waals surface area contributed by atoms with E-state index in [0.717, 1.165) is 41.8 Å². The highest BCUT2D eigenvalue weighted by atomic mass is 16.3. The molecule has 5 nitrogen and oxygen atoms in total. The van der Waals surface area contributed by atoms with E-state index in [1.165, 1.54) is 0 Å². The number of carbonyl (C=O) groups excluding carboxylic acids is 1. The zero-order valence-electron chi connectivity index (χ0n) is 13.6. The van der Waals surface area contributed by atoms with Crippen molar-refractivity contribution in [1.82, 2.24) is 14.8 Å². The lowest BCUT2D eigenvalue weighted by molar-refractivity contribution is -0.109. The van der Waals surface area contributed by atoms with Gasteiger partial charge >= 0.3 is 0 Å². The minimum atomic E-state index is -0.763. The molecule has 2 unspecified atom stereocenters. The number of rotatable bonds is 3. The predicted molar refractivity (Wildman–Crippen MR) is 93.0 cm³/mol. The van der Waals surface area contributed by atoms with Crippen LogP contribution in [0.3, 0.4) is 0 Å². The standard InChI is InChI=1S/C19H21N3O2/c1-21-10-8-19(24,13-21)15-6-4-14(5-7-15)16-11-22-9-2-3-18(22)17(12-23)20-16/h2-7,9,11-12,17,20,24H,8,10,13H2,1H3.